The van der Waals surface area contributed by atoms with Crippen molar-refractivity contribution in [1.29, 1.82) is 0 Å². The fourth-order valence-corrected chi connectivity index (χ4v) is 6.48. The van der Waals surface area contributed by atoms with Crippen molar-refractivity contribution < 1.29 is 38.0 Å². The van der Waals surface area contributed by atoms with Crippen LogP contribution in [0.3, 0.4) is 0 Å². The van der Waals surface area contributed by atoms with Crippen molar-refractivity contribution in [2.45, 2.75) is 186 Å². The van der Waals surface area contributed by atoms with E-state index in [9.17, 15) is 24.5 Å². The second-order valence-corrected chi connectivity index (χ2v) is 16.9. The second kappa shape index (κ2) is 34.2. The number of hydrogen-bond donors (Lipinski definition) is 3. The van der Waals surface area contributed by atoms with Gasteiger partial charge in [0.1, 0.15) is 19.3 Å². The number of aliphatic hydroxyl groups excluding tert-OH is 2. The molecule has 52 heavy (non-hydrogen) atoms. The van der Waals surface area contributed by atoms with Crippen molar-refractivity contribution in [2.24, 2.45) is 0 Å². The SMILES string of the molecule is CCCCCC/C=C\C/C=C\CCCCCCCC(=O)NC(COP(=O)([O-])OCC[N+](C)(C)C)C(O)C(O)CCC/C=C/CCCCCCCCC. The van der Waals surface area contributed by atoms with Gasteiger partial charge in [0.05, 0.1) is 39.9 Å². The molecular formula is C42H81N2O7P. The molecular weight excluding hydrogens is 675 g/mol. The Morgan fingerprint density at radius 3 is 1.69 bits per heavy atom. The van der Waals surface area contributed by atoms with Crippen molar-refractivity contribution in [3.8, 4) is 0 Å². The first kappa shape index (κ1) is 50.7. The number of aliphatic hydroxyl groups is 2. The monoisotopic (exact) mass is 757 g/mol. The molecule has 0 rings (SSSR count). The van der Waals surface area contributed by atoms with Crippen LogP contribution in [0.25, 0.3) is 0 Å². The van der Waals surface area contributed by atoms with Gasteiger partial charge in [0.15, 0.2) is 0 Å². The minimum absolute atomic E-state index is 0.0498. The summed E-state index contributed by atoms with van der Waals surface area (Å²) in [7, 11) is 1.09. The molecule has 0 spiro atoms. The summed E-state index contributed by atoms with van der Waals surface area (Å²) in [4.78, 5) is 25.3. The molecule has 0 aliphatic heterocycles. The Bertz CT molecular complexity index is 966. The third-order valence-electron chi connectivity index (χ3n) is 9.19. The zero-order valence-electron chi connectivity index (χ0n) is 34.1. The molecule has 4 atom stereocenters. The molecule has 306 valence electrons. The quantitative estimate of drug-likeness (QED) is 0.0249. The molecule has 0 saturated heterocycles. The van der Waals surface area contributed by atoms with Gasteiger partial charge in [-0.15, -0.1) is 0 Å². The molecule has 0 saturated carbocycles. The molecule has 0 aliphatic carbocycles. The average molecular weight is 757 g/mol. The lowest BCUT2D eigenvalue weighted by Crippen LogP contribution is -2.51. The summed E-state index contributed by atoms with van der Waals surface area (Å²) in [5.74, 6) is -0.304. The highest BCUT2D eigenvalue weighted by molar-refractivity contribution is 7.45. The molecule has 0 aromatic heterocycles. The third kappa shape index (κ3) is 34.4. The number of allylic oxidation sites excluding steroid dienone is 6. The van der Waals surface area contributed by atoms with E-state index in [2.05, 4.69) is 55.6 Å². The number of phosphoric ester groups is 1. The minimum Gasteiger partial charge on any atom is -0.756 e. The van der Waals surface area contributed by atoms with Crippen molar-refractivity contribution in [3.05, 3.63) is 36.5 Å². The van der Waals surface area contributed by atoms with E-state index in [1.54, 1.807) is 0 Å². The summed E-state index contributed by atoms with van der Waals surface area (Å²) in [5, 5.41) is 24.5. The highest BCUT2D eigenvalue weighted by Gasteiger charge is 2.29. The van der Waals surface area contributed by atoms with Gasteiger partial charge in [0, 0.05) is 6.42 Å². The summed E-state index contributed by atoms with van der Waals surface area (Å²) in [6.45, 7) is 4.35. The van der Waals surface area contributed by atoms with Gasteiger partial charge in [-0.1, -0.05) is 127 Å². The first-order valence-electron chi connectivity index (χ1n) is 20.9. The number of nitrogens with one attached hydrogen (secondary N) is 1. The number of carbonyl (C=O) groups excluding carboxylic acids is 1. The summed E-state index contributed by atoms with van der Waals surface area (Å²) >= 11 is 0. The summed E-state index contributed by atoms with van der Waals surface area (Å²) in [6, 6.07) is -1.10. The number of carbonyl (C=O) groups is 1. The summed E-state index contributed by atoms with van der Waals surface area (Å²) < 4.78 is 23.1. The molecule has 4 unspecified atom stereocenters. The molecule has 10 heteroatoms. The fourth-order valence-electron chi connectivity index (χ4n) is 5.75. The molecule has 0 fully saturated rings. The normalized spacial score (nSPS) is 15.5. The van der Waals surface area contributed by atoms with Gasteiger partial charge in [0.25, 0.3) is 7.82 Å². The Hall–Kier alpha value is -1.32. The Labute approximate surface area is 319 Å². The van der Waals surface area contributed by atoms with Crippen LogP contribution in [0.2, 0.25) is 0 Å². The van der Waals surface area contributed by atoms with Crippen LogP contribution in [0.4, 0.5) is 0 Å². The third-order valence-corrected chi connectivity index (χ3v) is 10.2. The van der Waals surface area contributed by atoms with E-state index in [1.165, 1.54) is 77.0 Å². The van der Waals surface area contributed by atoms with E-state index in [4.69, 9.17) is 9.05 Å². The van der Waals surface area contributed by atoms with Gasteiger partial charge in [-0.25, -0.2) is 0 Å². The largest absolute Gasteiger partial charge is 0.756 e. The van der Waals surface area contributed by atoms with Crippen molar-refractivity contribution in [3.63, 3.8) is 0 Å². The Morgan fingerprint density at radius 1 is 0.692 bits per heavy atom. The van der Waals surface area contributed by atoms with Crippen LogP contribution >= 0.6 is 7.82 Å². The molecule has 9 nitrogen and oxygen atoms in total. The Kier molecular flexibility index (Phi) is 33.3. The van der Waals surface area contributed by atoms with Gasteiger partial charge in [-0.3, -0.25) is 9.36 Å². The van der Waals surface area contributed by atoms with E-state index >= 15 is 0 Å². The summed E-state index contributed by atoms with van der Waals surface area (Å²) in [5.41, 5.74) is 0. The van der Waals surface area contributed by atoms with E-state index < -0.39 is 32.7 Å². The number of nitrogens with zero attached hydrogens (tertiary/aromatic N) is 1. The maximum Gasteiger partial charge on any atom is 0.268 e. The fraction of sp³-hybridized carbons (Fsp3) is 0.833. The van der Waals surface area contributed by atoms with Crippen LogP contribution < -0.4 is 10.2 Å². The maximum atomic E-state index is 12.8. The predicted octanol–water partition coefficient (Wildman–Crippen LogP) is 9.47. The van der Waals surface area contributed by atoms with Gasteiger partial charge < -0.3 is 34.0 Å². The van der Waals surface area contributed by atoms with Crippen molar-refractivity contribution >= 4 is 13.7 Å². The van der Waals surface area contributed by atoms with Crippen LogP contribution in [0.1, 0.15) is 168 Å². The van der Waals surface area contributed by atoms with Crippen molar-refractivity contribution in [1.82, 2.24) is 5.32 Å². The predicted molar refractivity (Wildman–Crippen MR) is 216 cm³/mol. The zero-order chi connectivity index (χ0) is 38.8. The highest BCUT2D eigenvalue weighted by Crippen LogP contribution is 2.38. The molecule has 1 amide bonds. The smallest absolute Gasteiger partial charge is 0.268 e. The van der Waals surface area contributed by atoms with Crippen LogP contribution in [0, 0.1) is 0 Å². The van der Waals surface area contributed by atoms with Gasteiger partial charge in [0.2, 0.25) is 5.91 Å². The number of phosphoric acid groups is 1. The number of likely N-dealkylation sites (N-methyl/N-ethyl adjacent to an activating group) is 1. The van der Waals surface area contributed by atoms with Gasteiger partial charge in [-0.05, 0) is 70.6 Å². The zero-order valence-corrected chi connectivity index (χ0v) is 35.0. The molecule has 0 radical (unpaired) electrons. The van der Waals surface area contributed by atoms with E-state index in [0.29, 0.717) is 30.3 Å². The van der Waals surface area contributed by atoms with Crippen LogP contribution in [0.15, 0.2) is 36.5 Å². The van der Waals surface area contributed by atoms with E-state index in [1.807, 2.05) is 21.1 Å². The number of quaternary nitrogens is 1. The molecule has 0 aromatic carbocycles. The molecule has 0 heterocycles. The summed E-state index contributed by atoms with van der Waals surface area (Å²) in [6.07, 6.45) is 36.1. The topological polar surface area (TPSA) is 128 Å². The molecule has 0 bridgehead atoms. The Morgan fingerprint density at radius 2 is 1.15 bits per heavy atom. The lowest BCUT2D eigenvalue weighted by molar-refractivity contribution is -0.870. The van der Waals surface area contributed by atoms with Crippen molar-refractivity contribution in [2.75, 3.05) is 40.9 Å². The maximum absolute atomic E-state index is 12.8. The average Bonchev–Trinajstić information content (AvgIpc) is 3.09. The highest BCUT2D eigenvalue weighted by atomic mass is 31.2. The van der Waals surface area contributed by atoms with Crippen LogP contribution in [0.5, 0.6) is 0 Å². The minimum atomic E-state index is -4.67. The van der Waals surface area contributed by atoms with Gasteiger partial charge >= 0.3 is 0 Å². The lowest BCUT2D eigenvalue weighted by Gasteiger charge is -2.31. The second-order valence-electron chi connectivity index (χ2n) is 15.5. The van der Waals surface area contributed by atoms with Crippen LogP contribution in [-0.4, -0.2) is 79.8 Å². The Balaban J connectivity index is 4.62. The first-order chi connectivity index (χ1) is 24.9. The number of hydrogen-bond acceptors (Lipinski definition) is 7. The molecule has 3 N–H and O–H groups in total. The van der Waals surface area contributed by atoms with E-state index in [-0.39, 0.29) is 18.9 Å². The van der Waals surface area contributed by atoms with E-state index in [0.717, 1.165) is 51.4 Å². The standard InChI is InChI=1S/C42H81N2O7P/c1-6-8-10-12-14-16-18-20-21-22-23-25-27-29-31-33-35-41(46)43-39(38-51-52(48,49)50-37-36-44(3,4)5)42(47)40(45)34-32-30-28-26-24-19-17-15-13-11-9-7-2/h16,18,21-22,26,28,39-40,42,45,47H,6-15,17,19-20,23-25,27,29-38H2,1-5H3,(H-,43,46,48,49)/b18-16-,22-21-,28-26+. The first-order valence-corrected chi connectivity index (χ1v) is 22.4. The lowest BCUT2D eigenvalue weighted by atomic mass is 10.0. The number of rotatable bonds is 37. The molecule has 0 aliphatic rings. The molecule has 0 aromatic rings. The van der Waals surface area contributed by atoms with Crippen LogP contribution in [-0.2, 0) is 18.4 Å². The van der Waals surface area contributed by atoms with Gasteiger partial charge in [-0.2, -0.15) is 0 Å². The number of amides is 1. The number of unbranched alkanes of at least 4 members (excludes halogenated alkanes) is 17.